The molecular formula is C15H21NO. The smallest absolute Gasteiger partial charge is 0.0589 e. The largest absolute Gasteiger partial charge is 0.395 e. The molecule has 1 saturated carbocycles. The number of benzene rings is 1. The van der Waals surface area contributed by atoms with Crippen LogP contribution in [0.2, 0.25) is 0 Å². The second-order valence-corrected chi connectivity index (χ2v) is 5.52. The summed E-state index contributed by atoms with van der Waals surface area (Å²) in [6.45, 7) is 2.51. The lowest BCUT2D eigenvalue weighted by Crippen LogP contribution is -2.35. The van der Waals surface area contributed by atoms with Gasteiger partial charge in [0.15, 0.2) is 0 Å². The lowest BCUT2D eigenvalue weighted by atomic mass is 9.94. The van der Waals surface area contributed by atoms with Crippen molar-refractivity contribution in [3.05, 3.63) is 35.9 Å². The Balaban J connectivity index is 1.71. The Labute approximate surface area is 103 Å². The molecule has 1 heterocycles. The van der Waals surface area contributed by atoms with E-state index >= 15 is 0 Å². The first-order valence-electron chi connectivity index (χ1n) is 6.77. The summed E-state index contributed by atoms with van der Waals surface area (Å²) in [5.41, 5.74) is 1.37. The Bertz CT molecular complexity index is 364. The van der Waals surface area contributed by atoms with E-state index in [4.69, 9.17) is 0 Å². The van der Waals surface area contributed by atoms with E-state index in [2.05, 4.69) is 35.2 Å². The molecule has 0 spiro atoms. The summed E-state index contributed by atoms with van der Waals surface area (Å²) in [7, 11) is 0. The van der Waals surface area contributed by atoms with E-state index in [1.807, 2.05) is 0 Å². The molecule has 3 atom stereocenters. The molecule has 3 unspecified atom stereocenters. The van der Waals surface area contributed by atoms with Crippen molar-refractivity contribution in [1.29, 1.82) is 0 Å². The maximum absolute atomic E-state index is 9.62. The molecule has 17 heavy (non-hydrogen) atoms. The molecule has 2 aliphatic rings. The Morgan fingerprint density at radius 2 is 2.00 bits per heavy atom. The Morgan fingerprint density at radius 1 is 1.18 bits per heavy atom. The molecule has 0 bridgehead atoms. The summed E-state index contributed by atoms with van der Waals surface area (Å²) in [5.74, 6) is 1.60. The van der Waals surface area contributed by atoms with Gasteiger partial charge in [-0.05, 0) is 30.2 Å². The molecule has 92 valence electrons. The predicted octanol–water partition coefficient (Wildman–Crippen LogP) is 2.28. The summed E-state index contributed by atoms with van der Waals surface area (Å²) in [6, 6.07) is 11.0. The van der Waals surface area contributed by atoms with E-state index < -0.39 is 0 Å². The maximum atomic E-state index is 9.62. The Kier molecular flexibility index (Phi) is 3.17. The molecule has 3 rings (SSSR count). The van der Waals surface area contributed by atoms with Crippen LogP contribution in [0.25, 0.3) is 0 Å². The molecule has 0 radical (unpaired) electrons. The third kappa shape index (κ3) is 2.12. The first-order valence-corrected chi connectivity index (χ1v) is 6.77. The Hall–Kier alpha value is -0.860. The number of rotatable bonds is 3. The third-order valence-electron chi connectivity index (χ3n) is 4.57. The number of aliphatic hydroxyl groups excluding tert-OH is 1. The molecule has 2 fully saturated rings. The van der Waals surface area contributed by atoms with Crippen molar-refractivity contribution in [2.45, 2.75) is 31.8 Å². The minimum Gasteiger partial charge on any atom is -0.395 e. The van der Waals surface area contributed by atoms with Crippen molar-refractivity contribution in [2.24, 2.45) is 11.8 Å². The molecular weight excluding hydrogens is 210 g/mol. The molecule has 1 N–H and O–H groups in total. The predicted molar refractivity (Wildman–Crippen MR) is 68.6 cm³/mol. The molecule has 1 aliphatic carbocycles. The van der Waals surface area contributed by atoms with Gasteiger partial charge < -0.3 is 5.11 Å². The lowest BCUT2D eigenvalue weighted by Gasteiger charge is -2.26. The van der Waals surface area contributed by atoms with E-state index in [1.54, 1.807) is 0 Å². The molecule has 1 saturated heterocycles. The molecule has 1 aliphatic heterocycles. The van der Waals surface area contributed by atoms with E-state index in [0.717, 1.165) is 18.4 Å². The highest BCUT2D eigenvalue weighted by Gasteiger charge is 2.43. The number of aliphatic hydroxyl groups is 1. The highest BCUT2D eigenvalue weighted by Crippen LogP contribution is 2.42. The van der Waals surface area contributed by atoms with E-state index in [1.165, 1.54) is 31.4 Å². The van der Waals surface area contributed by atoms with Crippen molar-refractivity contribution < 1.29 is 5.11 Å². The summed E-state index contributed by atoms with van der Waals surface area (Å²) in [5, 5.41) is 9.62. The average Bonchev–Trinajstić information content (AvgIpc) is 2.90. The number of hydrogen-bond acceptors (Lipinski definition) is 2. The number of likely N-dealkylation sites (tertiary alicyclic amines) is 1. The number of hydrogen-bond donors (Lipinski definition) is 1. The van der Waals surface area contributed by atoms with Crippen LogP contribution in [0.4, 0.5) is 0 Å². The van der Waals surface area contributed by atoms with Crippen LogP contribution in [-0.4, -0.2) is 29.2 Å². The van der Waals surface area contributed by atoms with Gasteiger partial charge >= 0.3 is 0 Å². The van der Waals surface area contributed by atoms with Gasteiger partial charge in [-0.15, -0.1) is 0 Å². The zero-order valence-electron chi connectivity index (χ0n) is 10.3. The molecule has 1 aromatic rings. The topological polar surface area (TPSA) is 23.5 Å². The summed E-state index contributed by atoms with van der Waals surface area (Å²) >= 11 is 0. The van der Waals surface area contributed by atoms with Crippen LogP contribution in [0.1, 0.15) is 24.8 Å². The van der Waals surface area contributed by atoms with Gasteiger partial charge in [0.05, 0.1) is 6.61 Å². The minimum atomic E-state index is 0.327. The first kappa shape index (κ1) is 11.2. The van der Waals surface area contributed by atoms with Gasteiger partial charge in [0, 0.05) is 19.1 Å². The van der Waals surface area contributed by atoms with Gasteiger partial charge in [-0.2, -0.15) is 0 Å². The quantitative estimate of drug-likeness (QED) is 0.862. The highest BCUT2D eigenvalue weighted by molar-refractivity contribution is 5.15. The van der Waals surface area contributed by atoms with Crippen molar-refractivity contribution in [1.82, 2.24) is 4.90 Å². The molecule has 0 amide bonds. The van der Waals surface area contributed by atoms with Gasteiger partial charge in [-0.1, -0.05) is 36.8 Å². The van der Waals surface area contributed by atoms with Crippen LogP contribution in [-0.2, 0) is 6.54 Å². The highest BCUT2D eigenvalue weighted by atomic mass is 16.3. The van der Waals surface area contributed by atoms with Crippen LogP contribution in [0, 0.1) is 11.8 Å². The fourth-order valence-corrected chi connectivity index (χ4v) is 3.76. The van der Waals surface area contributed by atoms with Crippen molar-refractivity contribution in [2.75, 3.05) is 13.2 Å². The molecule has 2 heteroatoms. The minimum absolute atomic E-state index is 0.327. The normalized spacial score (nSPS) is 32.9. The number of fused-ring (bicyclic) bond motifs is 1. The summed E-state index contributed by atoms with van der Waals surface area (Å²) in [6.07, 6.45) is 4.05. The monoisotopic (exact) mass is 231 g/mol. The van der Waals surface area contributed by atoms with Gasteiger partial charge in [-0.3, -0.25) is 4.90 Å². The van der Waals surface area contributed by atoms with E-state index in [9.17, 15) is 5.11 Å². The first-order chi connectivity index (χ1) is 8.38. The van der Waals surface area contributed by atoms with Gasteiger partial charge in [-0.25, -0.2) is 0 Å². The second-order valence-electron chi connectivity index (χ2n) is 5.52. The molecule has 0 aromatic heterocycles. The fraction of sp³-hybridized carbons (Fsp3) is 0.600. The average molecular weight is 231 g/mol. The van der Waals surface area contributed by atoms with Crippen LogP contribution < -0.4 is 0 Å². The van der Waals surface area contributed by atoms with E-state index in [0.29, 0.717) is 12.6 Å². The maximum Gasteiger partial charge on any atom is 0.0589 e. The zero-order valence-corrected chi connectivity index (χ0v) is 10.3. The standard InChI is InChI=1S/C15H21NO/c17-11-15-14-8-4-7-13(14)10-16(15)9-12-5-2-1-3-6-12/h1-3,5-6,13-15,17H,4,7-11H2. The molecule has 2 nitrogen and oxygen atoms in total. The molecule has 1 aromatic carbocycles. The third-order valence-corrected chi connectivity index (χ3v) is 4.57. The van der Waals surface area contributed by atoms with Crippen molar-refractivity contribution >= 4 is 0 Å². The number of nitrogens with zero attached hydrogens (tertiary/aromatic N) is 1. The Morgan fingerprint density at radius 3 is 2.76 bits per heavy atom. The van der Waals surface area contributed by atoms with Gasteiger partial charge in [0.2, 0.25) is 0 Å². The SMILES string of the molecule is OCC1C2CCCC2CN1Cc1ccccc1. The van der Waals surface area contributed by atoms with Crippen molar-refractivity contribution in [3.8, 4) is 0 Å². The van der Waals surface area contributed by atoms with Gasteiger partial charge in [0.1, 0.15) is 0 Å². The van der Waals surface area contributed by atoms with Crippen LogP contribution in [0.3, 0.4) is 0 Å². The second kappa shape index (κ2) is 4.79. The van der Waals surface area contributed by atoms with Crippen LogP contribution >= 0.6 is 0 Å². The summed E-state index contributed by atoms with van der Waals surface area (Å²) < 4.78 is 0. The fourth-order valence-electron chi connectivity index (χ4n) is 3.76. The van der Waals surface area contributed by atoms with Crippen molar-refractivity contribution in [3.63, 3.8) is 0 Å². The zero-order chi connectivity index (χ0) is 11.7. The summed E-state index contributed by atoms with van der Waals surface area (Å²) in [4.78, 5) is 2.49. The van der Waals surface area contributed by atoms with Crippen LogP contribution in [0.15, 0.2) is 30.3 Å². The van der Waals surface area contributed by atoms with Gasteiger partial charge in [0.25, 0.3) is 0 Å². The van der Waals surface area contributed by atoms with Crippen LogP contribution in [0.5, 0.6) is 0 Å². The van der Waals surface area contributed by atoms with E-state index in [-0.39, 0.29) is 0 Å². The lowest BCUT2D eigenvalue weighted by molar-refractivity contribution is 0.128.